The zero-order valence-electron chi connectivity index (χ0n) is 12.9. The van der Waals surface area contributed by atoms with E-state index >= 15 is 0 Å². The van der Waals surface area contributed by atoms with E-state index in [1.807, 2.05) is 0 Å². The van der Waals surface area contributed by atoms with Crippen LogP contribution in [0.25, 0.3) is 0 Å². The van der Waals surface area contributed by atoms with E-state index in [9.17, 15) is 4.79 Å². The molecule has 0 aliphatic rings. The van der Waals surface area contributed by atoms with E-state index in [2.05, 4.69) is 41.0 Å². The lowest BCUT2D eigenvalue weighted by atomic mass is 10.2. The summed E-state index contributed by atoms with van der Waals surface area (Å²) >= 11 is 1.78. The van der Waals surface area contributed by atoms with Gasteiger partial charge in [0.25, 0.3) is 0 Å². The first-order chi connectivity index (χ1) is 8.95. The van der Waals surface area contributed by atoms with Crippen LogP contribution in [-0.2, 0) is 9.53 Å². The lowest BCUT2D eigenvalue weighted by Crippen LogP contribution is -2.46. The number of ether oxygens (including phenoxy) is 1. The molecule has 0 saturated heterocycles. The molecule has 0 saturated carbocycles. The molecule has 0 bridgehead atoms. The van der Waals surface area contributed by atoms with Crippen molar-refractivity contribution < 1.29 is 9.53 Å². The Balaban J connectivity index is 0. The molecule has 0 heterocycles. The van der Waals surface area contributed by atoms with Gasteiger partial charge in [0.1, 0.15) is 0 Å². The number of amides is 1. The van der Waals surface area contributed by atoms with Gasteiger partial charge in [-0.2, -0.15) is 11.8 Å². The van der Waals surface area contributed by atoms with Crippen molar-refractivity contribution in [3.05, 3.63) is 0 Å². The normalized spacial score (nSPS) is 11.6. The van der Waals surface area contributed by atoms with Gasteiger partial charge in [-0.15, -0.1) is 24.0 Å². The summed E-state index contributed by atoms with van der Waals surface area (Å²) in [5.41, 5.74) is 0. The Hall–Kier alpha value is -0.220. The molecule has 20 heavy (non-hydrogen) atoms. The molecule has 1 amide bonds. The van der Waals surface area contributed by atoms with Crippen molar-refractivity contribution in [2.75, 3.05) is 46.7 Å². The molecular formula is C12H27IN4O2S. The number of rotatable bonds is 8. The number of halogens is 1. The van der Waals surface area contributed by atoms with Crippen LogP contribution < -0.4 is 16.0 Å². The van der Waals surface area contributed by atoms with Crippen molar-refractivity contribution in [3.8, 4) is 0 Å². The molecule has 0 rings (SSSR count). The molecule has 120 valence electrons. The fourth-order valence-electron chi connectivity index (χ4n) is 1.11. The molecule has 0 unspecified atom stereocenters. The standard InChI is InChI=1S/C12H26N4O2S.HI/c1-12(2,19-5)9-16-11(13-3)15-8-10(17)14-6-7-18-4;/h6-9H2,1-5H3,(H,14,17)(H2,13,15,16);1H. The minimum Gasteiger partial charge on any atom is -0.383 e. The van der Waals surface area contributed by atoms with Crippen LogP contribution in [0.5, 0.6) is 0 Å². The Morgan fingerprint density at radius 1 is 1.30 bits per heavy atom. The number of thioether (sulfide) groups is 1. The van der Waals surface area contributed by atoms with Crippen LogP contribution in [0.4, 0.5) is 0 Å². The second kappa shape index (κ2) is 12.5. The summed E-state index contributed by atoms with van der Waals surface area (Å²) in [4.78, 5) is 15.6. The number of nitrogens with zero attached hydrogens (tertiary/aromatic N) is 1. The molecule has 0 aliphatic heterocycles. The van der Waals surface area contributed by atoms with Crippen LogP contribution in [0.15, 0.2) is 4.99 Å². The average Bonchev–Trinajstić information content (AvgIpc) is 2.39. The fraction of sp³-hybridized carbons (Fsp3) is 0.833. The number of hydrogen-bond acceptors (Lipinski definition) is 4. The monoisotopic (exact) mass is 418 g/mol. The van der Waals surface area contributed by atoms with Crippen molar-refractivity contribution in [2.45, 2.75) is 18.6 Å². The molecule has 0 aromatic rings. The topological polar surface area (TPSA) is 74.8 Å². The van der Waals surface area contributed by atoms with E-state index in [4.69, 9.17) is 4.74 Å². The van der Waals surface area contributed by atoms with Gasteiger partial charge in [0.2, 0.25) is 5.91 Å². The van der Waals surface area contributed by atoms with Crippen LogP contribution >= 0.6 is 35.7 Å². The third-order valence-electron chi connectivity index (χ3n) is 2.50. The van der Waals surface area contributed by atoms with Crippen LogP contribution in [-0.4, -0.2) is 63.3 Å². The van der Waals surface area contributed by atoms with Gasteiger partial charge in [-0.25, -0.2) is 0 Å². The Morgan fingerprint density at radius 3 is 2.45 bits per heavy atom. The van der Waals surface area contributed by atoms with Gasteiger partial charge >= 0.3 is 0 Å². The number of methoxy groups -OCH3 is 1. The third-order valence-corrected chi connectivity index (χ3v) is 3.75. The first-order valence-electron chi connectivity index (χ1n) is 6.20. The third kappa shape index (κ3) is 11.6. The maximum atomic E-state index is 11.5. The highest BCUT2D eigenvalue weighted by Gasteiger charge is 2.16. The number of carbonyl (C=O) groups is 1. The molecule has 0 aliphatic carbocycles. The minimum atomic E-state index is -0.0795. The molecule has 8 heteroatoms. The maximum absolute atomic E-state index is 11.5. The highest BCUT2D eigenvalue weighted by atomic mass is 127. The molecule has 0 aromatic heterocycles. The molecule has 6 nitrogen and oxygen atoms in total. The number of aliphatic imine (C=N–C) groups is 1. The molecule has 3 N–H and O–H groups in total. The Morgan fingerprint density at radius 2 is 1.95 bits per heavy atom. The summed E-state index contributed by atoms with van der Waals surface area (Å²) in [5.74, 6) is 0.549. The maximum Gasteiger partial charge on any atom is 0.239 e. The van der Waals surface area contributed by atoms with E-state index in [1.165, 1.54) is 0 Å². The molecule has 0 atom stereocenters. The van der Waals surface area contributed by atoms with Gasteiger partial charge in [0.15, 0.2) is 5.96 Å². The number of carbonyl (C=O) groups excluding carboxylic acids is 1. The van der Waals surface area contributed by atoms with E-state index in [-0.39, 0.29) is 41.2 Å². The average molecular weight is 418 g/mol. The predicted molar refractivity (Wildman–Crippen MR) is 97.3 cm³/mol. The van der Waals surface area contributed by atoms with Crippen LogP contribution in [0.2, 0.25) is 0 Å². The molecular weight excluding hydrogens is 391 g/mol. The zero-order chi connectivity index (χ0) is 14.7. The van der Waals surface area contributed by atoms with Crippen LogP contribution in [0, 0.1) is 0 Å². The van der Waals surface area contributed by atoms with Crippen LogP contribution in [0.3, 0.4) is 0 Å². The van der Waals surface area contributed by atoms with Crippen molar-refractivity contribution in [2.24, 2.45) is 4.99 Å². The quantitative estimate of drug-likeness (QED) is 0.234. The number of guanidine groups is 1. The lowest BCUT2D eigenvalue weighted by molar-refractivity contribution is -0.120. The summed E-state index contributed by atoms with van der Waals surface area (Å²) in [7, 11) is 3.29. The molecule has 0 spiro atoms. The summed E-state index contributed by atoms with van der Waals surface area (Å²) in [5, 5.41) is 8.90. The van der Waals surface area contributed by atoms with E-state index in [0.717, 1.165) is 6.54 Å². The van der Waals surface area contributed by atoms with Gasteiger partial charge in [-0.05, 0) is 20.1 Å². The first-order valence-corrected chi connectivity index (χ1v) is 7.43. The van der Waals surface area contributed by atoms with Gasteiger partial charge in [-0.3, -0.25) is 9.79 Å². The van der Waals surface area contributed by atoms with Crippen molar-refractivity contribution in [3.63, 3.8) is 0 Å². The highest BCUT2D eigenvalue weighted by Crippen LogP contribution is 2.19. The largest absolute Gasteiger partial charge is 0.383 e. The SMILES string of the molecule is CN=C(NCC(=O)NCCOC)NCC(C)(C)SC.I. The summed E-state index contributed by atoms with van der Waals surface area (Å²) in [6.07, 6.45) is 2.07. The van der Waals surface area contributed by atoms with E-state index < -0.39 is 0 Å². The van der Waals surface area contributed by atoms with Crippen molar-refractivity contribution >= 4 is 47.6 Å². The predicted octanol–water partition coefficient (Wildman–Crippen LogP) is 0.674. The van der Waals surface area contributed by atoms with E-state index in [0.29, 0.717) is 19.1 Å². The second-order valence-electron chi connectivity index (χ2n) is 4.59. The highest BCUT2D eigenvalue weighted by molar-refractivity contribution is 14.0. The number of nitrogens with one attached hydrogen (secondary N) is 3. The minimum absolute atomic E-state index is 0. The zero-order valence-corrected chi connectivity index (χ0v) is 16.1. The first kappa shape index (κ1) is 22.1. The summed E-state index contributed by atoms with van der Waals surface area (Å²) in [6.45, 7) is 6.30. The fourth-order valence-corrected chi connectivity index (χ4v) is 1.32. The lowest BCUT2D eigenvalue weighted by Gasteiger charge is -2.23. The Kier molecular flexibility index (Phi) is 13.8. The Bertz CT molecular complexity index is 301. The van der Waals surface area contributed by atoms with E-state index in [1.54, 1.807) is 25.9 Å². The van der Waals surface area contributed by atoms with Gasteiger partial charge in [-0.1, -0.05) is 0 Å². The molecule has 0 radical (unpaired) electrons. The van der Waals surface area contributed by atoms with Crippen molar-refractivity contribution in [1.82, 2.24) is 16.0 Å². The Labute approximate surface area is 143 Å². The molecule has 0 aromatic carbocycles. The smallest absolute Gasteiger partial charge is 0.239 e. The number of hydrogen-bond donors (Lipinski definition) is 3. The van der Waals surface area contributed by atoms with Crippen LogP contribution in [0.1, 0.15) is 13.8 Å². The van der Waals surface area contributed by atoms with Gasteiger partial charge in [0.05, 0.1) is 13.2 Å². The second-order valence-corrected chi connectivity index (χ2v) is 6.10. The van der Waals surface area contributed by atoms with Gasteiger partial charge < -0.3 is 20.7 Å². The van der Waals surface area contributed by atoms with Crippen molar-refractivity contribution in [1.29, 1.82) is 0 Å². The summed E-state index contributed by atoms with van der Waals surface area (Å²) in [6, 6.07) is 0. The van der Waals surface area contributed by atoms with Gasteiger partial charge in [0, 0.05) is 32.0 Å². The summed E-state index contributed by atoms with van der Waals surface area (Å²) < 4.78 is 4.98. The molecule has 0 fully saturated rings.